The van der Waals surface area contributed by atoms with Crippen molar-refractivity contribution in [2.45, 2.75) is 129 Å². The van der Waals surface area contributed by atoms with Crippen molar-refractivity contribution < 1.29 is 19.4 Å². The van der Waals surface area contributed by atoms with Gasteiger partial charge in [-0.1, -0.05) is 0 Å². The third kappa shape index (κ3) is 5.75. The van der Waals surface area contributed by atoms with Crippen LogP contribution in [0.3, 0.4) is 0 Å². The van der Waals surface area contributed by atoms with Crippen molar-refractivity contribution in [3.8, 4) is 0 Å². The van der Waals surface area contributed by atoms with E-state index in [4.69, 9.17) is 9.84 Å². The van der Waals surface area contributed by atoms with Gasteiger partial charge in [-0.3, -0.25) is 19.4 Å². The molecule has 0 aromatic heterocycles. The van der Waals surface area contributed by atoms with Gasteiger partial charge in [0.25, 0.3) is 0 Å². The molecule has 3 unspecified atom stereocenters. The van der Waals surface area contributed by atoms with Crippen LogP contribution in [0.15, 0.2) is 0 Å². The van der Waals surface area contributed by atoms with Gasteiger partial charge in [0, 0.05) is 22.2 Å². The molecular formula is C27H50N2O4. The van der Waals surface area contributed by atoms with Crippen LogP contribution in [0.25, 0.3) is 0 Å². The molecule has 0 bridgehead atoms. The standard InChI is InChI=1S/C27H50N2O4/c1-18(33-23(32)17-22(30)31)16-19(20-12-14-24(2,3)28(10)26(20,6)7)21-13-15-25(4,5)29(11)27(21,8)9/h18-21H,12-17H2,1-11H3,(H,30,31). The van der Waals surface area contributed by atoms with Crippen molar-refractivity contribution in [1.82, 2.24) is 9.80 Å². The van der Waals surface area contributed by atoms with E-state index in [2.05, 4.69) is 79.3 Å². The normalized spacial score (nSPS) is 30.9. The minimum atomic E-state index is -1.14. The van der Waals surface area contributed by atoms with Crippen molar-refractivity contribution in [2.75, 3.05) is 14.1 Å². The highest BCUT2D eigenvalue weighted by Gasteiger charge is 2.54. The molecule has 2 aliphatic rings. The zero-order chi connectivity index (χ0) is 25.6. The fraction of sp³-hybridized carbons (Fsp3) is 0.926. The number of rotatable bonds is 7. The summed E-state index contributed by atoms with van der Waals surface area (Å²) in [7, 11) is 4.50. The van der Waals surface area contributed by atoms with E-state index in [1.54, 1.807) is 0 Å². The number of carboxylic acids is 1. The first-order valence-electron chi connectivity index (χ1n) is 12.7. The molecule has 2 saturated heterocycles. The van der Waals surface area contributed by atoms with E-state index in [0.29, 0.717) is 17.8 Å². The maximum atomic E-state index is 12.1. The predicted molar refractivity (Wildman–Crippen MR) is 133 cm³/mol. The van der Waals surface area contributed by atoms with E-state index >= 15 is 0 Å². The number of piperidine rings is 2. The maximum Gasteiger partial charge on any atom is 0.317 e. The maximum absolute atomic E-state index is 12.1. The minimum absolute atomic E-state index is 0.00116. The number of aliphatic carboxylic acids is 1. The second-order valence-corrected chi connectivity index (χ2v) is 13.1. The number of carboxylic acid groups (broad SMARTS) is 1. The van der Waals surface area contributed by atoms with Gasteiger partial charge < -0.3 is 9.84 Å². The Hall–Kier alpha value is -1.14. The number of likely N-dealkylation sites (tertiary alicyclic amines) is 2. The highest BCUT2D eigenvalue weighted by atomic mass is 16.5. The summed E-state index contributed by atoms with van der Waals surface area (Å²) < 4.78 is 5.60. The molecule has 0 aromatic rings. The Kier molecular flexibility index (Phi) is 8.08. The van der Waals surface area contributed by atoms with Crippen molar-refractivity contribution in [3.63, 3.8) is 0 Å². The van der Waals surface area contributed by atoms with Crippen molar-refractivity contribution in [3.05, 3.63) is 0 Å². The van der Waals surface area contributed by atoms with Crippen molar-refractivity contribution in [2.24, 2.45) is 17.8 Å². The predicted octanol–water partition coefficient (Wildman–Crippen LogP) is 5.20. The molecule has 1 N–H and O–H groups in total. The summed E-state index contributed by atoms with van der Waals surface area (Å²) in [6.07, 6.45) is 4.43. The number of nitrogens with zero attached hydrogens (tertiary/aromatic N) is 2. The summed E-state index contributed by atoms with van der Waals surface area (Å²) >= 11 is 0. The lowest BCUT2D eigenvalue weighted by atomic mass is 9.57. The highest BCUT2D eigenvalue weighted by Crippen LogP contribution is 2.53. The van der Waals surface area contributed by atoms with E-state index in [0.717, 1.165) is 32.1 Å². The lowest BCUT2D eigenvalue weighted by Gasteiger charge is -2.62. The molecule has 6 heteroatoms. The molecule has 0 saturated carbocycles. The first kappa shape index (κ1) is 28.1. The summed E-state index contributed by atoms with van der Waals surface area (Å²) in [5.74, 6) is -0.515. The van der Waals surface area contributed by atoms with E-state index in [9.17, 15) is 9.59 Å². The molecule has 0 aliphatic carbocycles. The van der Waals surface area contributed by atoms with E-state index in [1.807, 2.05) is 6.92 Å². The molecule has 192 valence electrons. The summed E-state index contributed by atoms with van der Waals surface area (Å²) in [4.78, 5) is 28.2. The molecule has 2 aliphatic heterocycles. The van der Waals surface area contributed by atoms with Crippen LogP contribution in [0.4, 0.5) is 0 Å². The molecule has 3 atom stereocenters. The average Bonchev–Trinajstić information content (AvgIpc) is 2.63. The highest BCUT2D eigenvalue weighted by molar-refractivity contribution is 5.90. The third-order valence-corrected chi connectivity index (χ3v) is 9.76. The molecule has 2 heterocycles. The van der Waals surface area contributed by atoms with Crippen molar-refractivity contribution >= 4 is 11.9 Å². The molecular weight excluding hydrogens is 416 g/mol. The average molecular weight is 467 g/mol. The second kappa shape index (κ2) is 9.49. The van der Waals surface area contributed by atoms with Crippen molar-refractivity contribution in [1.29, 1.82) is 0 Å². The van der Waals surface area contributed by atoms with Gasteiger partial charge in [-0.25, -0.2) is 0 Å². The molecule has 2 rings (SSSR count). The Morgan fingerprint density at radius 3 is 1.64 bits per heavy atom. The van der Waals surface area contributed by atoms with E-state index in [-0.39, 0.29) is 28.3 Å². The van der Waals surface area contributed by atoms with Gasteiger partial charge in [-0.05, 0) is 126 Å². The third-order valence-electron chi connectivity index (χ3n) is 9.76. The number of hydrogen-bond acceptors (Lipinski definition) is 5. The molecule has 2 fully saturated rings. The molecule has 0 amide bonds. The number of ether oxygens (including phenoxy) is 1. The minimum Gasteiger partial charge on any atom is -0.481 e. The van der Waals surface area contributed by atoms with Gasteiger partial charge in [0.1, 0.15) is 6.42 Å². The quantitative estimate of drug-likeness (QED) is 0.411. The lowest BCUT2D eigenvalue weighted by Crippen LogP contribution is -2.66. The fourth-order valence-corrected chi connectivity index (χ4v) is 7.02. The van der Waals surface area contributed by atoms with Crippen LogP contribution in [0.2, 0.25) is 0 Å². The zero-order valence-corrected chi connectivity index (χ0v) is 23.1. The summed E-state index contributed by atoms with van der Waals surface area (Å²) in [6.45, 7) is 20.7. The molecule has 0 spiro atoms. The first-order chi connectivity index (χ1) is 14.8. The van der Waals surface area contributed by atoms with E-state index in [1.165, 1.54) is 0 Å². The molecule has 6 nitrogen and oxygen atoms in total. The Morgan fingerprint density at radius 2 is 1.27 bits per heavy atom. The second-order valence-electron chi connectivity index (χ2n) is 13.1. The Labute approximate surface area is 202 Å². The van der Waals surface area contributed by atoms with Gasteiger partial charge >= 0.3 is 11.9 Å². The Bertz CT molecular complexity index is 686. The molecule has 33 heavy (non-hydrogen) atoms. The van der Waals surface area contributed by atoms with Crippen LogP contribution >= 0.6 is 0 Å². The number of esters is 1. The summed E-state index contributed by atoms with van der Waals surface area (Å²) in [5, 5.41) is 8.97. The SMILES string of the molecule is CC(CC(C1CCC(C)(C)N(C)C1(C)C)C1CCC(C)(C)N(C)C1(C)C)OC(=O)CC(=O)O. The summed E-state index contributed by atoms with van der Waals surface area (Å²) in [5.41, 5.74) is 0.285. The van der Waals surface area contributed by atoms with Crippen LogP contribution in [0, 0.1) is 17.8 Å². The summed E-state index contributed by atoms with van der Waals surface area (Å²) in [6, 6.07) is 0. The van der Waals surface area contributed by atoms with E-state index < -0.39 is 18.4 Å². The number of hydrogen-bond donors (Lipinski definition) is 1. The van der Waals surface area contributed by atoms with Gasteiger partial charge in [0.15, 0.2) is 0 Å². The number of carbonyl (C=O) groups is 2. The Morgan fingerprint density at radius 1 is 0.879 bits per heavy atom. The van der Waals surface area contributed by atoms with Gasteiger partial charge in [0.2, 0.25) is 0 Å². The van der Waals surface area contributed by atoms with Crippen LogP contribution in [0.5, 0.6) is 0 Å². The lowest BCUT2D eigenvalue weighted by molar-refractivity contribution is -0.157. The van der Waals surface area contributed by atoms with Gasteiger partial charge in [-0.15, -0.1) is 0 Å². The molecule has 0 radical (unpaired) electrons. The van der Waals surface area contributed by atoms with Gasteiger partial charge in [-0.2, -0.15) is 0 Å². The number of carbonyl (C=O) groups excluding carboxylic acids is 1. The van der Waals surface area contributed by atoms with Crippen LogP contribution in [-0.4, -0.2) is 69.2 Å². The zero-order valence-electron chi connectivity index (χ0n) is 23.1. The van der Waals surface area contributed by atoms with Crippen LogP contribution in [0.1, 0.15) is 101 Å². The van der Waals surface area contributed by atoms with Crippen LogP contribution < -0.4 is 0 Å². The van der Waals surface area contributed by atoms with Gasteiger partial charge in [0.05, 0.1) is 6.10 Å². The van der Waals surface area contributed by atoms with Crippen LogP contribution in [-0.2, 0) is 14.3 Å². The fourth-order valence-electron chi connectivity index (χ4n) is 7.02. The largest absolute Gasteiger partial charge is 0.481 e. The smallest absolute Gasteiger partial charge is 0.317 e. The molecule has 0 aromatic carbocycles. The topological polar surface area (TPSA) is 70.1 Å². The Balaban J connectivity index is 2.40. The first-order valence-corrected chi connectivity index (χ1v) is 12.7. The monoisotopic (exact) mass is 466 g/mol.